The van der Waals surface area contributed by atoms with E-state index in [2.05, 4.69) is 5.32 Å². The Morgan fingerprint density at radius 1 is 1.24 bits per heavy atom. The summed E-state index contributed by atoms with van der Waals surface area (Å²) in [5.41, 5.74) is 0. The Morgan fingerprint density at radius 3 is 2.52 bits per heavy atom. The van der Waals surface area contributed by atoms with Crippen LogP contribution in [0.25, 0.3) is 0 Å². The van der Waals surface area contributed by atoms with Gasteiger partial charge in [-0.2, -0.15) is 0 Å². The molecule has 0 bridgehead atoms. The van der Waals surface area contributed by atoms with Crippen LogP contribution in [0.4, 0.5) is 4.79 Å². The van der Waals surface area contributed by atoms with E-state index in [-0.39, 0.29) is 24.0 Å². The summed E-state index contributed by atoms with van der Waals surface area (Å²) >= 11 is 0. The smallest absolute Gasteiger partial charge is 0.407 e. The van der Waals surface area contributed by atoms with Gasteiger partial charge in [-0.1, -0.05) is 26.7 Å². The second-order valence-corrected chi connectivity index (χ2v) is 6.74. The summed E-state index contributed by atoms with van der Waals surface area (Å²) in [5, 5.41) is 2.91. The van der Waals surface area contributed by atoms with E-state index in [0.717, 1.165) is 18.9 Å². The van der Waals surface area contributed by atoms with Crippen molar-refractivity contribution in [2.75, 3.05) is 19.7 Å². The molecule has 120 valence electrons. The molecule has 2 rings (SSSR count). The minimum Gasteiger partial charge on any atom is -0.450 e. The SMILES string of the molecule is CCOC(=O)NC1CC(CC2CC2)CN(C(=O)C(C)C)C1. The van der Waals surface area contributed by atoms with E-state index >= 15 is 0 Å². The zero-order valence-corrected chi connectivity index (χ0v) is 13.4. The van der Waals surface area contributed by atoms with Gasteiger partial charge in [0.2, 0.25) is 5.91 Å². The molecular weight excluding hydrogens is 268 g/mol. The number of nitrogens with zero attached hydrogens (tertiary/aromatic N) is 1. The molecule has 2 fully saturated rings. The molecule has 0 spiro atoms. The monoisotopic (exact) mass is 296 g/mol. The van der Waals surface area contributed by atoms with Gasteiger partial charge in [-0.3, -0.25) is 4.79 Å². The minimum atomic E-state index is -0.369. The third-order valence-electron chi connectivity index (χ3n) is 4.30. The van der Waals surface area contributed by atoms with Crippen LogP contribution in [0, 0.1) is 17.8 Å². The summed E-state index contributed by atoms with van der Waals surface area (Å²) in [7, 11) is 0. The molecule has 0 aromatic heterocycles. The number of alkyl carbamates (subject to hydrolysis) is 1. The fraction of sp³-hybridized carbons (Fsp3) is 0.875. The lowest BCUT2D eigenvalue weighted by Gasteiger charge is -2.39. The van der Waals surface area contributed by atoms with Crippen LogP contribution in [0.1, 0.15) is 46.5 Å². The highest BCUT2D eigenvalue weighted by Crippen LogP contribution is 2.38. The molecule has 5 heteroatoms. The molecule has 2 atom stereocenters. The number of likely N-dealkylation sites (tertiary alicyclic amines) is 1. The lowest BCUT2D eigenvalue weighted by atomic mass is 9.89. The van der Waals surface area contributed by atoms with Crippen LogP contribution in [0.15, 0.2) is 0 Å². The van der Waals surface area contributed by atoms with Gasteiger partial charge >= 0.3 is 6.09 Å². The maximum atomic E-state index is 12.3. The van der Waals surface area contributed by atoms with E-state index in [9.17, 15) is 9.59 Å². The van der Waals surface area contributed by atoms with Crippen molar-refractivity contribution >= 4 is 12.0 Å². The molecule has 1 aliphatic heterocycles. The molecule has 1 aliphatic carbocycles. The fourth-order valence-corrected chi connectivity index (χ4v) is 3.19. The van der Waals surface area contributed by atoms with Crippen molar-refractivity contribution in [3.63, 3.8) is 0 Å². The van der Waals surface area contributed by atoms with Crippen molar-refractivity contribution in [1.82, 2.24) is 10.2 Å². The number of amides is 2. The number of piperidine rings is 1. The second kappa shape index (κ2) is 7.14. The Kier molecular flexibility index (Phi) is 5.48. The predicted molar refractivity (Wildman–Crippen MR) is 80.8 cm³/mol. The standard InChI is InChI=1S/C16H28N2O3/c1-4-21-16(20)17-14-8-13(7-12-5-6-12)9-18(10-14)15(19)11(2)3/h11-14H,4-10H2,1-3H3,(H,17,20). The number of hydrogen-bond donors (Lipinski definition) is 1. The Balaban J connectivity index is 1.95. The maximum Gasteiger partial charge on any atom is 0.407 e. The molecule has 0 aromatic carbocycles. The average molecular weight is 296 g/mol. The van der Waals surface area contributed by atoms with Crippen molar-refractivity contribution in [2.24, 2.45) is 17.8 Å². The van der Waals surface area contributed by atoms with E-state index in [1.807, 2.05) is 18.7 Å². The first-order chi connectivity index (χ1) is 9.99. The summed E-state index contributed by atoms with van der Waals surface area (Å²) < 4.78 is 4.96. The van der Waals surface area contributed by atoms with Crippen LogP contribution in [-0.4, -0.2) is 42.6 Å². The van der Waals surface area contributed by atoms with E-state index < -0.39 is 0 Å². The van der Waals surface area contributed by atoms with Crippen molar-refractivity contribution in [2.45, 2.75) is 52.5 Å². The fourth-order valence-electron chi connectivity index (χ4n) is 3.19. The Hall–Kier alpha value is -1.26. The number of nitrogens with one attached hydrogen (secondary N) is 1. The highest BCUT2D eigenvalue weighted by atomic mass is 16.5. The molecule has 1 saturated carbocycles. The molecule has 2 aliphatic rings. The van der Waals surface area contributed by atoms with Crippen LogP contribution in [-0.2, 0) is 9.53 Å². The van der Waals surface area contributed by atoms with Gasteiger partial charge in [0.1, 0.15) is 0 Å². The van der Waals surface area contributed by atoms with Gasteiger partial charge in [-0.25, -0.2) is 4.79 Å². The van der Waals surface area contributed by atoms with Gasteiger partial charge in [-0.15, -0.1) is 0 Å². The van der Waals surface area contributed by atoms with Crippen LogP contribution < -0.4 is 5.32 Å². The van der Waals surface area contributed by atoms with Crippen LogP contribution >= 0.6 is 0 Å². The molecule has 0 aromatic rings. The summed E-state index contributed by atoms with van der Waals surface area (Å²) in [6.07, 6.45) is 4.42. The van der Waals surface area contributed by atoms with E-state index in [0.29, 0.717) is 19.1 Å². The maximum absolute atomic E-state index is 12.3. The largest absolute Gasteiger partial charge is 0.450 e. The first-order valence-electron chi connectivity index (χ1n) is 8.21. The second-order valence-electron chi connectivity index (χ2n) is 6.74. The minimum absolute atomic E-state index is 0.00733. The average Bonchev–Trinajstić information content (AvgIpc) is 3.21. The zero-order chi connectivity index (χ0) is 15.4. The van der Waals surface area contributed by atoms with Gasteiger partial charge in [0, 0.05) is 19.0 Å². The lowest BCUT2D eigenvalue weighted by Crippen LogP contribution is -2.53. The molecule has 21 heavy (non-hydrogen) atoms. The molecule has 0 radical (unpaired) electrons. The summed E-state index contributed by atoms with van der Waals surface area (Å²) in [6.45, 7) is 7.48. The normalized spacial score (nSPS) is 25.8. The molecule has 5 nitrogen and oxygen atoms in total. The molecule has 1 heterocycles. The Labute approximate surface area is 127 Å². The molecule has 1 N–H and O–H groups in total. The summed E-state index contributed by atoms with van der Waals surface area (Å²) in [5.74, 6) is 1.53. The zero-order valence-electron chi connectivity index (χ0n) is 13.4. The third-order valence-corrected chi connectivity index (χ3v) is 4.30. The van der Waals surface area contributed by atoms with Crippen molar-refractivity contribution in [1.29, 1.82) is 0 Å². The molecule has 1 saturated heterocycles. The highest BCUT2D eigenvalue weighted by molar-refractivity contribution is 5.78. The van der Waals surface area contributed by atoms with E-state index in [1.54, 1.807) is 6.92 Å². The van der Waals surface area contributed by atoms with Crippen molar-refractivity contribution in [3.8, 4) is 0 Å². The van der Waals surface area contributed by atoms with Gasteiger partial charge < -0.3 is 15.0 Å². The van der Waals surface area contributed by atoms with E-state index in [4.69, 9.17) is 4.74 Å². The Morgan fingerprint density at radius 2 is 1.95 bits per heavy atom. The van der Waals surface area contributed by atoms with Crippen molar-refractivity contribution in [3.05, 3.63) is 0 Å². The molecular formula is C16H28N2O3. The summed E-state index contributed by atoms with van der Waals surface area (Å²) in [6, 6.07) is 0.0178. The third kappa shape index (κ3) is 4.90. The first kappa shape index (κ1) is 16.1. The number of carbonyl (C=O) groups excluding carboxylic acids is 2. The van der Waals surface area contributed by atoms with Crippen LogP contribution in [0.3, 0.4) is 0 Å². The van der Waals surface area contributed by atoms with Gasteiger partial charge in [0.15, 0.2) is 0 Å². The van der Waals surface area contributed by atoms with Gasteiger partial charge in [0.05, 0.1) is 12.6 Å². The lowest BCUT2D eigenvalue weighted by molar-refractivity contribution is -0.137. The van der Waals surface area contributed by atoms with Gasteiger partial charge in [-0.05, 0) is 31.6 Å². The molecule has 2 amide bonds. The quantitative estimate of drug-likeness (QED) is 0.847. The topological polar surface area (TPSA) is 58.6 Å². The van der Waals surface area contributed by atoms with Crippen molar-refractivity contribution < 1.29 is 14.3 Å². The Bertz CT molecular complexity index is 380. The highest BCUT2D eigenvalue weighted by Gasteiger charge is 2.35. The number of hydrogen-bond acceptors (Lipinski definition) is 3. The number of carbonyl (C=O) groups is 2. The number of rotatable bonds is 5. The van der Waals surface area contributed by atoms with Crippen LogP contribution in [0.5, 0.6) is 0 Å². The molecule has 2 unspecified atom stereocenters. The van der Waals surface area contributed by atoms with Crippen LogP contribution in [0.2, 0.25) is 0 Å². The van der Waals surface area contributed by atoms with E-state index in [1.165, 1.54) is 19.3 Å². The predicted octanol–water partition coefficient (Wildman–Crippen LogP) is 2.41. The number of ether oxygens (including phenoxy) is 1. The first-order valence-corrected chi connectivity index (χ1v) is 8.21. The summed E-state index contributed by atoms with van der Waals surface area (Å²) in [4.78, 5) is 25.8. The van der Waals surface area contributed by atoms with Gasteiger partial charge in [0.25, 0.3) is 0 Å².